The van der Waals surface area contributed by atoms with Gasteiger partial charge in [0.1, 0.15) is 5.82 Å². The Morgan fingerprint density at radius 2 is 2.35 bits per heavy atom. The molecular formula is C11H17N3O2S. The van der Waals surface area contributed by atoms with Crippen LogP contribution in [0.3, 0.4) is 0 Å². The molecule has 0 bridgehead atoms. The normalized spacial score (nSPS) is 14.9. The van der Waals surface area contributed by atoms with Gasteiger partial charge in [-0.3, -0.25) is 4.79 Å². The lowest BCUT2D eigenvalue weighted by Gasteiger charge is -2.19. The molecule has 0 amide bonds. The molecule has 17 heavy (non-hydrogen) atoms. The van der Waals surface area contributed by atoms with Gasteiger partial charge in [0.15, 0.2) is 0 Å². The van der Waals surface area contributed by atoms with Crippen LogP contribution in [-0.2, 0) is 11.2 Å². The van der Waals surface area contributed by atoms with Crippen LogP contribution in [0.4, 0.5) is 5.13 Å². The Kier molecular flexibility index (Phi) is 3.93. The van der Waals surface area contributed by atoms with Gasteiger partial charge < -0.3 is 10.0 Å². The molecule has 1 aliphatic carbocycles. The summed E-state index contributed by atoms with van der Waals surface area (Å²) in [5.74, 6) is 0.127. The zero-order chi connectivity index (χ0) is 12.3. The van der Waals surface area contributed by atoms with Crippen LogP contribution in [0.5, 0.6) is 0 Å². The second-order valence-electron chi connectivity index (χ2n) is 4.31. The minimum atomic E-state index is -0.756. The van der Waals surface area contributed by atoms with E-state index in [-0.39, 0.29) is 6.42 Å². The monoisotopic (exact) mass is 255 g/mol. The third-order valence-electron chi connectivity index (χ3n) is 2.73. The first-order chi connectivity index (χ1) is 8.20. The molecule has 0 unspecified atom stereocenters. The van der Waals surface area contributed by atoms with Crippen LogP contribution in [-0.4, -0.2) is 33.0 Å². The number of hydrogen-bond donors (Lipinski definition) is 1. The van der Waals surface area contributed by atoms with Crippen molar-refractivity contribution in [3.05, 3.63) is 5.82 Å². The van der Waals surface area contributed by atoms with Crippen LogP contribution in [0.2, 0.25) is 0 Å². The summed E-state index contributed by atoms with van der Waals surface area (Å²) in [7, 11) is 0. The number of carboxylic acids is 1. The van der Waals surface area contributed by atoms with E-state index in [2.05, 4.69) is 21.2 Å². The van der Waals surface area contributed by atoms with Gasteiger partial charge in [0.05, 0.1) is 6.42 Å². The van der Waals surface area contributed by atoms with Crippen LogP contribution in [0, 0.1) is 0 Å². The molecule has 0 atom stereocenters. The van der Waals surface area contributed by atoms with Gasteiger partial charge in [-0.25, -0.2) is 4.98 Å². The molecule has 0 aromatic carbocycles. The van der Waals surface area contributed by atoms with Gasteiger partial charge in [-0.05, 0) is 19.3 Å². The minimum Gasteiger partial charge on any atom is -0.481 e. The van der Waals surface area contributed by atoms with E-state index in [9.17, 15) is 4.79 Å². The van der Waals surface area contributed by atoms with Crippen LogP contribution < -0.4 is 4.90 Å². The maximum atomic E-state index is 10.6. The summed E-state index contributed by atoms with van der Waals surface area (Å²) < 4.78 is 4.31. The first-order valence-corrected chi connectivity index (χ1v) is 6.79. The minimum absolute atomic E-state index is 0.166. The highest BCUT2D eigenvalue weighted by Gasteiger charge is 2.31. The summed E-state index contributed by atoms with van der Waals surface area (Å²) in [5, 5.41) is 9.63. The third kappa shape index (κ3) is 3.39. The fourth-order valence-electron chi connectivity index (χ4n) is 1.72. The molecule has 94 valence electrons. The number of aryl methyl sites for hydroxylation is 1. The first kappa shape index (κ1) is 12.3. The lowest BCUT2D eigenvalue weighted by molar-refractivity contribution is -0.136. The summed E-state index contributed by atoms with van der Waals surface area (Å²) in [5.41, 5.74) is 0. The Balaban J connectivity index is 2.00. The zero-order valence-corrected chi connectivity index (χ0v) is 10.7. The van der Waals surface area contributed by atoms with Crippen LogP contribution in [0.25, 0.3) is 0 Å². The maximum Gasteiger partial charge on any atom is 0.305 e. The molecule has 0 spiro atoms. The van der Waals surface area contributed by atoms with Crippen molar-refractivity contribution >= 4 is 22.6 Å². The summed E-state index contributed by atoms with van der Waals surface area (Å²) in [6, 6.07) is 0.483. The molecule has 2 rings (SSSR count). The Bertz CT molecular complexity index is 390. The summed E-state index contributed by atoms with van der Waals surface area (Å²) >= 11 is 1.39. The molecule has 1 N–H and O–H groups in total. The fourth-order valence-corrected chi connectivity index (χ4v) is 2.53. The molecule has 1 aromatic heterocycles. The van der Waals surface area contributed by atoms with Crippen molar-refractivity contribution in [3.63, 3.8) is 0 Å². The lowest BCUT2D eigenvalue weighted by atomic mass is 10.3. The van der Waals surface area contributed by atoms with Crippen molar-refractivity contribution in [2.24, 2.45) is 0 Å². The van der Waals surface area contributed by atoms with Gasteiger partial charge in [0.25, 0.3) is 0 Å². The van der Waals surface area contributed by atoms with E-state index in [1.54, 1.807) is 0 Å². The predicted octanol–water partition coefficient (Wildman–Crippen LogP) is 1.93. The van der Waals surface area contributed by atoms with Crippen molar-refractivity contribution in [1.82, 2.24) is 9.36 Å². The summed E-state index contributed by atoms with van der Waals surface area (Å²) in [4.78, 5) is 17.2. The molecule has 1 aliphatic rings. The van der Waals surface area contributed by atoms with Gasteiger partial charge in [0, 0.05) is 30.5 Å². The summed E-state index contributed by atoms with van der Waals surface area (Å²) in [6.07, 6.45) is 4.38. The molecule has 5 nitrogen and oxygen atoms in total. The standard InChI is InChI=1S/C11H17N3O2S/c1-2-3-9-12-11(17-13-9)14(8-4-5-8)7-6-10(15)16/h8H,2-7H2,1H3,(H,15,16). The van der Waals surface area contributed by atoms with Crippen LogP contribution in [0.15, 0.2) is 0 Å². The molecule has 1 saturated carbocycles. The molecule has 6 heteroatoms. The number of aliphatic carboxylic acids is 1. The summed E-state index contributed by atoms with van der Waals surface area (Å²) in [6.45, 7) is 2.64. The number of nitrogens with zero attached hydrogens (tertiary/aromatic N) is 3. The van der Waals surface area contributed by atoms with Crippen LogP contribution in [0.1, 0.15) is 38.4 Å². The number of aromatic nitrogens is 2. The molecule has 0 saturated heterocycles. The highest BCUT2D eigenvalue weighted by Crippen LogP contribution is 2.32. The highest BCUT2D eigenvalue weighted by atomic mass is 32.1. The molecule has 0 aliphatic heterocycles. The van der Waals surface area contributed by atoms with Crippen molar-refractivity contribution in [3.8, 4) is 0 Å². The number of carboxylic acid groups (broad SMARTS) is 1. The second kappa shape index (κ2) is 5.44. The smallest absolute Gasteiger partial charge is 0.305 e. The molecular weight excluding hydrogens is 238 g/mol. The van der Waals surface area contributed by atoms with E-state index < -0.39 is 5.97 Å². The number of hydrogen-bond acceptors (Lipinski definition) is 5. The van der Waals surface area contributed by atoms with E-state index >= 15 is 0 Å². The van der Waals surface area contributed by atoms with Crippen molar-refractivity contribution in [2.45, 2.75) is 45.1 Å². The quantitative estimate of drug-likeness (QED) is 0.806. The van der Waals surface area contributed by atoms with E-state index in [0.717, 1.165) is 36.6 Å². The average molecular weight is 255 g/mol. The third-order valence-corrected chi connectivity index (χ3v) is 3.52. The van der Waals surface area contributed by atoms with Crippen molar-refractivity contribution < 1.29 is 9.90 Å². The molecule has 0 radical (unpaired) electrons. The van der Waals surface area contributed by atoms with Crippen molar-refractivity contribution in [1.29, 1.82) is 0 Å². The number of carbonyl (C=O) groups is 1. The largest absolute Gasteiger partial charge is 0.481 e. The Hall–Kier alpha value is -1.17. The number of rotatable bonds is 7. The van der Waals surface area contributed by atoms with Gasteiger partial charge in [-0.1, -0.05) is 6.92 Å². The maximum absolute atomic E-state index is 10.6. The highest BCUT2D eigenvalue weighted by molar-refractivity contribution is 7.09. The number of anilines is 1. The van der Waals surface area contributed by atoms with Crippen molar-refractivity contribution in [2.75, 3.05) is 11.4 Å². The fraction of sp³-hybridized carbons (Fsp3) is 0.727. The van der Waals surface area contributed by atoms with E-state index in [4.69, 9.17) is 5.11 Å². The van der Waals surface area contributed by atoms with E-state index in [1.807, 2.05) is 0 Å². The first-order valence-electron chi connectivity index (χ1n) is 6.01. The van der Waals surface area contributed by atoms with E-state index in [0.29, 0.717) is 12.6 Å². The second-order valence-corrected chi connectivity index (χ2v) is 5.04. The molecule has 1 heterocycles. The topological polar surface area (TPSA) is 66.3 Å². The zero-order valence-electron chi connectivity index (χ0n) is 9.93. The van der Waals surface area contributed by atoms with Crippen LogP contribution >= 0.6 is 11.5 Å². The Morgan fingerprint density at radius 1 is 1.59 bits per heavy atom. The van der Waals surface area contributed by atoms with E-state index in [1.165, 1.54) is 11.5 Å². The van der Waals surface area contributed by atoms with Gasteiger partial charge in [0.2, 0.25) is 5.13 Å². The van der Waals surface area contributed by atoms with Gasteiger partial charge >= 0.3 is 5.97 Å². The Morgan fingerprint density at radius 3 is 2.94 bits per heavy atom. The average Bonchev–Trinajstić information content (AvgIpc) is 3.00. The van der Waals surface area contributed by atoms with Gasteiger partial charge in [-0.2, -0.15) is 4.37 Å². The lowest BCUT2D eigenvalue weighted by Crippen LogP contribution is -2.28. The molecule has 1 aromatic rings. The Labute approximate surface area is 105 Å². The SMILES string of the molecule is CCCc1nsc(N(CCC(=O)O)C2CC2)n1. The van der Waals surface area contributed by atoms with Gasteiger partial charge in [-0.15, -0.1) is 0 Å². The molecule has 1 fully saturated rings. The predicted molar refractivity (Wildman–Crippen MR) is 66.5 cm³/mol.